The highest BCUT2D eigenvalue weighted by atomic mass is 16.3. The minimum atomic E-state index is -0.723. The molecule has 2 aromatic heterocycles. The van der Waals surface area contributed by atoms with Gasteiger partial charge < -0.3 is 10.4 Å². The quantitative estimate of drug-likeness (QED) is 0.827. The van der Waals surface area contributed by atoms with E-state index in [4.69, 9.17) is 0 Å². The lowest BCUT2D eigenvalue weighted by Gasteiger charge is -2.21. The van der Waals surface area contributed by atoms with E-state index in [1.165, 1.54) is 0 Å². The van der Waals surface area contributed by atoms with Gasteiger partial charge in [-0.05, 0) is 32.4 Å². The highest BCUT2D eigenvalue weighted by Gasteiger charge is 2.17. The van der Waals surface area contributed by atoms with Crippen LogP contribution in [-0.2, 0) is 0 Å². The second-order valence-corrected chi connectivity index (χ2v) is 4.44. The number of nitrogens with one attached hydrogen (secondary N) is 1. The zero-order valence-electron chi connectivity index (χ0n) is 10.3. The number of fused-ring (bicyclic) bond motifs is 1. The molecule has 0 radical (unpaired) electrons. The number of nitrogens with zero attached hydrogens (tertiary/aromatic N) is 4. The molecule has 17 heavy (non-hydrogen) atoms. The van der Waals surface area contributed by atoms with Crippen LogP contribution in [0.4, 0.5) is 5.82 Å². The Kier molecular flexibility index (Phi) is 2.97. The fourth-order valence-corrected chi connectivity index (χ4v) is 1.40. The first kappa shape index (κ1) is 11.8. The summed E-state index contributed by atoms with van der Waals surface area (Å²) in [5.74, 6) is 1.44. The number of anilines is 1. The molecule has 2 heterocycles. The monoisotopic (exact) mass is 235 g/mol. The van der Waals surface area contributed by atoms with E-state index >= 15 is 0 Å². The SMILES string of the molecule is CCC(C)(O)CNc1ccc2nnc(C)n2n1. The maximum Gasteiger partial charge on any atom is 0.178 e. The van der Waals surface area contributed by atoms with E-state index in [1.54, 1.807) is 11.4 Å². The van der Waals surface area contributed by atoms with Gasteiger partial charge in [0, 0.05) is 6.54 Å². The van der Waals surface area contributed by atoms with Crippen molar-refractivity contribution in [2.24, 2.45) is 0 Å². The van der Waals surface area contributed by atoms with Gasteiger partial charge >= 0.3 is 0 Å². The molecule has 0 spiro atoms. The Balaban J connectivity index is 2.16. The van der Waals surface area contributed by atoms with Gasteiger partial charge in [-0.1, -0.05) is 6.92 Å². The maximum atomic E-state index is 9.89. The van der Waals surface area contributed by atoms with Crippen molar-refractivity contribution in [3.8, 4) is 0 Å². The summed E-state index contributed by atoms with van der Waals surface area (Å²) in [7, 11) is 0. The molecule has 0 aromatic carbocycles. The molecule has 0 aliphatic carbocycles. The van der Waals surface area contributed by atoms with Gasteiger partial charge in [0.25, 0.3) is 0 Å². The second-order valence-electron chi connectivity index (χ2n) is 4.44. The van der Waals surface area contributed by atoms with E-state index in [0.29, 0.717) is 18.8 Å². The van der Waals surface area contributed by atoms with E-state index in [2.05, 4.69) is 20.6 Å². The number of aromatic nitrogens is 4. The van der Waals surface area contributed by atoms with Crippen LogP contribution in [0.5, 0.6) is 0 Å². The summed E-state index contributed by atoms with van der Waals surface area (Å²) in [5, 5.41) is 25.2. The molecule has 0 saturated carbocycles. The van der Waals surface area contributed by atoms with Gasteiger partial charge in [0.1, 0.15) is 5.82 Å². The van der Waals surface area contributed by atoms with Gasteiger partial charge in [0.15, 0.2) is 11.5 Å². The third kappa shape index (κ3) is 2.52. The molecule has 0 aliphatic rings. The highest BCUT2D eigenvalue weighted by Crippen LogP contribution is 2.11. The van der Waals surface area contributed by atoms with Gasteiger partial charge in [0.05, 0.1) is 5.60 Å². The molecule has 92 valence electrons. The lowest BCUT2D eigenvalue weighted by molar-refractivity contribution is 0.0696. The van der Waals surface area contributed by atoms with Crippen molar-refractivity contribution in [3.05, 3.63) is 18.0 Å². The first-order valence-electron chi connectivity index (χ1n) is 5.67. The zero-order valence-corrected chi connectivity index (χ0v) is 10.3. The topological polar surface area (TPSA) is 75.3 Å². The molecule has 6 heteroatoms. The average Bonchev–Trinajstić information content (AvgIpc) is 2.69. The Hall–Kier alpha value is -1.69. The largest absolute Gasteiger partial charge is 0.388 e. The fraction of sp³-hybridized carbons (Fsp3) is 0.545. The minimum absolute atomic E-state index is 0.461. The van der Waals surface area contributed by atoms with Crippen molar-refractivity contribution in [2.45, 2.75) is 32.8 Å². The number of aliphatic hydroxyl groups is 1. The van der Waals surface area contributed by atoms with Gasteiger partial charge in [-0.25, -0.2) is 0 Å². The molecule has 0 amide bonds. The van der Waals surface area contributed by atoms with Gasteiger partial charge in [-0.15, -0.1) is 15.3 Å². The summed E-state index contributed by atoms with van der Waals surface area (Å²) < 4.78 is 1.67. The van der Waals surface area contributed by atoms with E-state index < -0.39 is 5.60 Å². The van der Waals surface area contributed by atoms with Crippen molar-refractivity contribution in [1.29, 1.82) is 0 Å². The number of aryl methyl sites for hydroxylation is 1. The molecular formula is C11H17N5O. The molecule has 6 nitrogen and oxygen atoms in total. The van der Waals surface area contributed by atoms with Crippen molar-refractivity contribution in [3.63, 3.8) is 0 Å². The Morgan fingerprint density at radius 1 is 1.41 bits per heavy atom. The van der Waals surface area contributed by atoms with Crippen LogP contribution in [0.1, 0.15) is 26.1 Å². The Morgan fingerprint density at radius 3 is 2.88 bits per heavy atom. The lowest BCUT2D eigenvalue weighted by atomic mass is 10.0. The molecule has 1 unspecified atom stereocenters. The number of hydrogen-bond donors (Lipinski definition) is 2. The van der Waals surface area contributed by atoms with Crippen LogP contribution >= 0.6 is 0 Å². The number of hydrogen-bond acceptors (Lipinski definition) is 5. The smallest absolute Gasteiger partial charge is 0.178 e. The minimum Gasteiger partial charge on any atom is -0.388 e. The van der Waals surface area contributed by atoms with E-state index in [0.717, 1.165) is 11.5 Å². The Bertz CT molecular complexity index is 520. The average molecular weight is 235 g/mol. The molecule has 0 bridgehead atoms. The molecule has 0 fully saturated rings. The second kappa shape index (κ2) is 4.29. The first-order valence-corrected chi connectivity index (χ1v) is 5.67. The molecule has 0 aliphatic heterocycles. The third-order valence-electron chi connectivity index (χ3n) is 2.83. The van der Waals surface area contributed by atoms with Crippen molar-refractivity contribution >= 4 is 11.5 Å². The van der Waals surface area contributed by atoms with Crippen LogP contribution in [0.3, 0.4) is 0 Å². The maximum absolute atomic E-state index is 9.89. The normalized spacial score (nSPS) is 14.8. The fourth-order valence-electron chi connectivity index (χ4n) is 1.40. The summed E-state index contributed by atoms with van der Waals surface area (Å²) in [4.78, 5) is 0. The molecular weight excluding hydrogens is 218 g/mol. The van der Waals surface area contributed by atoms with Crippen LogP contribution in [0.25, 0.3) is 5.65 Å². The summed E-state index contributed by atoms with van der Waals surface area (Å²) in [5.41, 5.74) is -0.00547. The summed E-state index contributed by atoms with van der Waals surface area (Å²) in [6.07, 6.45) is 0.688. The Morgan fingerprint density at radius 2 is 2.18 bits per heavy atom. The lowest BCUT2D eigenvalue weighted by Crippen LogP contribution is -2.32. The first-order chi connectivity index (χ1) is 8.02. The van der Waals surface area contributed by atoms with Crippen molar-refractivity contribution in [2.75, 3.05) is 11.9 Å². The van der Waals surface area contributed by atoms with Crippen LogP contribution in [0, 0.1) is 6.92 Å². The standard InChI is InChI=1S/C11H17N5O/c1-4-11(3,17)7-12-9-5-6-10-14-13-8(2)16(10)15-9/h5-6,17H,4,7H2,1-3H3,(H,12,15). The third-order valence-corrected chi connectivity index (χ3v) is 2.83. The molecule has 0 saturated heterocycles. The molecule has 2 N–H and O–H groups in total. The van der Waals surface area contributed by atoms with Crippen LogP contribution in [-0.4, -0.2) is 37.1 Å². The molecule has 2 rings (SSSR count). The zero-order chi connectivity index (χ0) is 12.5. The van der Waals surface area contributed by atoms with Crippen LogP contribution < -0.4 is 5.32 Å². The predicted molar refractivity (Wildman–Crippen MR) is 64.9 cm³/mol. The Labute approximate surface area is 99.7 Å². The van der Waals surface area contributed by atoms with E-state index in [-0.39, 0.29) is 0 Å². The summed E-state index contributed by atoms with van der Waals surface area (Å²) in [6.45, 7) is 6.05. The van der Waals surface area contributed by atoms with Gasteiger partial charge in [0.2, 0.25) is 0 Å². The van der Waals surface area contributed by atoms with Gasteiger partial charge in [-0.3, -0.25) is 0 Å². The molecule has 2 aromatic rings. The van der Waals surface area contributed by atoms with Gasteiger partial charge in [-0.2, -0.15) is 4.52 Å². The van der Waals surface area contributed by atoms with E-state index in [1.807, 2.05) is 26.0 Å². The summed E-state index contributed by atoms with van der Waals surface area (Å²) >= 11 is 0. The van der Waals surface area contributed by atoms with Crippen molar-refractivity contribution < 1.29 is 5.11 Å². The van der Waals surface area contributed by atoms with Crippen molar-refractivity contribution in [1.82, 2.24) is 19.8 Å². The summed E-state index contributed by atoms with van der Waals surface area (Å²) in [6, 6.07) is 3.67. The molecule has 1 atom stereocenters. The predicted octanol–water partition coefficient (Wildman–Crippen LogP) is 1.01. The number of rotatable bonds is 4. The van der Waals surface area contributed by atoms with E-state index in [9.17, 15) is 5.11 Å². The van der Waals surface area contributed by atoms with Crippen LogP contribution in [0.2, 0.25) is 0 Å². The highest BCUT2D eigenvalue weighted by molar-refractivity contribution is 5.43. The van der Waals surface area contributed by atoms with Crippen LogP contribution in [0.15, 0.2) is 12.1 Å².